The number of anilines is 1. The first-order chi connectivity index (χ1) is 8.54. The van der Waals surface area contributed by atoms with Gasteiger partial charge in [0.1, 0.15) is 0 Å². The number of para-hydroxylation sites is 1. The van der Waals surface area contributed by atoms with E-state index in [1.807, 2.05) is 18.4 Å². The van der Waals surface area contributed by atoms with Crippen molar-refractivity contribution < 1.29 is 9.59 Å². The highest BCUT2D eigenvalue weighted by Gasteiger charge is 2.14. The van der Waals surface area contributed by atoms with Gasteiger partial charge in [-0.25, -0.2) is 0 Å². The minimum atomic E-state index is -0.765. The quantitative estimate of drug-likeness (QED) is 0.431. The van der Waals surface area contributed by atoms with Crippen molar-refractivity contribution in [3.05, 3.63) is 24.3 Å². The molecule has 1 rings (SSSR count). The highest BCUT2D eigenvalue weighted by molar-refractivity contribution is 7.98. The first-order valence-corrected chi connectivity index (χ1v) is 6.68. The summed E-state index contributed by atoms with van der Waals surface area (Å²) in [6.45, 7) is 0.00572. The molecular weight excluding hydrogens is 270 g/mol. The van der Waals surface area contributed by atoms with Crippen LogP contribution in [0.15, 0.2) is 29.2 Å². The lowest BCUT2D eigenvalue weighted by Gasteiger charge is -2.09. The minimum Gasteiger partial charge on any atom is -0.392 e. The normalized spacial score (nSPS) is 9.61. The van der Waals surface area contributed by atoms with Crippen LogP contribution in [0.3, 0.4) is 0 Å². The van der Waals surface area contributed by atoms with Crippen molar-refractivity contribution in [3.63, 3.8) is 0 Å². The monoisotopic (exact) mass is 283 g/mol. The van der Waals surface area contributed by atoms with Crippen LogP contribution >= 0.6 is 24.0 Å². The fraction of sp³-hybridized carbons (Fsp3) is 0.182. The zero-order valence-electron chi connectivity index (χ0n) is 9.73. The molecule has 1 aromatic carbocycles. The van der Waals surface area contributed by atoms with Crippen molar-refractivity contribution in [1.82, 2.24) is 5.32 Å². The maximum Gasteiger partial charge on any atom is 0.313 e. The summed E-state index contributed by atoms with van der Waals surface area (Å²) in [5, 5.41) is 4.84. The second-order valence-corrected chi connectivity index (χ2v) is 4.68. The maximum atomic E-state index is 11.6. The molecule has 0 aliphatic carbocycles. The number of carbonyl (C=O) groups excluding carboxylic acids is 2. The first kappa shape index (κ1) is 14.5. The summed E-state index contributed by atoms with van der Waals surface area (Å²) in [7, 11) is 0. The van der Waals surface area contributed by atoms with Gasteiger partial charge in [0, 0.05) is 4.90 Å². The van der Waals surface area contributed by atoms with Crippen LogP contribution in [0, 0.1) is 0 Å². The molecule has 96 valence electrons. The molecule has 0 aromatic heterocycles. The predicted molar refractivity (Wildman–Crippen MR) is 76.6 cm³/mol. The molecule has 1 aromatic rings. The Balaban J connectivity index is 2.64. The Hall–Kier alpha value is -1.60. The lowest BCUT2D eigenvalue weighted by molar-refractivity contribution is -0.135. The Morgan fingerprint density at radius 1 is 1.33 bits per heavy atom. The van der Waals surface area contributed by atoms with Crippen LogP contribution < -0.4 is 16.4 Å². The van der Waals surface area contributed by atoms with Gasteiger partial charge in [0.05, 0.1) is 17.2 Å². The van der Waals surface area contributed by atoms with E-state index < -0.39 is 11.8 Å². The Morgan fingerprint density at radius 2 is 2.00 bits per heavy atom. The van der Waals surface area contributed by atoms with Crippen molar-refractivity contribution in [2.24, 2.45) is 5.73 Å². The van der Waals surface area contributed by atoms with Crippen molar-refractivity contribution in [1.29, 1.82) is 0 Å². The lowest BCUT2D eigenvalue weighted by Crippen LogP contribution is -2.39. The molecule has 0 aliphatic rings. The van der Waals surface area contributed by atoms with Gasteiger partial charge in [0.2, 0.25) is 0 Å². The Kier molecular flexibility index (Phi) is 5.60. The molecule has 0 saturated carbocycles. The van der Waals surface area contributed by atoms with Gasteiger partial charge in [-0.05, 0) is 18.4 Å². The van der Waals surface area contributed by atoms with Gasteiger partial charge in [-0.2, -0.15) is 0 Å². The van der Waals surface area contributed by atoms with Crippen molar-refractivity contribution in [3.8, 4) is 0 Å². The van der Waals surface area contributed by atoms with Crippen molar-refractivity contribution in [2.45, 2.75) is 4.90 Å². The molecule has 0 atom stereocenters. The third kappa shape index (κ3) is 4.34. The summed E-state index contributed by atoms with van der Waals surface area (Å²) in [5.41, 5.74) is 5.82. The van der Waals surface area contributed by atoms with E-state index in [1.165, 1.54) is 11.8 Å². The van der Waals surface area contributed by atoms with E-state index in [4.69, 9.17) is 5.73 Å². The SMILES string of the molecule is CSc1ccccc1NC(=O)C(=O)NCC(N)=S. The number of hydrogen-bond acceptors (Lipinski definition) is 4. The molecule has 5 nitrogen and oxygen atoms in total. The molecule has 0 radical (unpaired) electrons. The number of thioether (sulfide) groups is 1. The fourth-order valence-electron chi connectivity index (χ4n) is 1.17. The predicted octanol–water partition coefficient (Wildman–Crippen LogP) is 0.749. The van der Waals surface area contributed by atoms with Crippen molar-refractivity contribution in [2.75, 3.05) is 18.1 Å². The summed E-state index contributed by atoms with van der Waals surface area (Å²) in [6.07, 6.45) is 1.89. The minimum absolute atomic E-state index is 0.00572. The summed E-state index contributed by atoms with van der Waals surface area (Å²) in [5.74, 6) is -1.51. The zero-order valence-corrected chi connectivity index (χ0v) is 11.4. The van der Waals surface area contributed by atoms with Gasteiger partial charge in [0.15, 0.2) is 0 Å². The summed E-state index contributed by atoms with van der Waals surface area (Å²) in [6, 6.07) is 7.22. The van der Waals surface area contributed by atoms with E-state index in [-0.39, 0.29) is 11.5 Å². The number of benzene rings is 1. The highest BCUT2D eigenvalue weighted by Crippen LogP contribution is 2.24. The fourth-order valence-corrected chi connectivity index (χ4v) is 1.80. The summed E-state index contributed by atoms with van der Waals surface area (Å²) in [4.78, 5) is 24.0. The third-order valence-corrected chi connectivity index (χ3v) is 2.92. The number of nitrogens with two attached hydrogens (primary N) is 1. The van der Waals surface area contributed by atoms with Gasteiger partial charge in [0.25, 0.3) is 0 Å². The summed E-state index contributed by atoms with van der Waals surface area (Å²) < 4.78 is 0. The van der Waals surface area contributed by atoms with Gasteiger partial charge in [-0.3, -0.25) is 9.59 Å². The second kappa shape index (κ2) is 6.97. The molecule has 0 spiro atoms. The van der Waals surface area contributed by atoms with Gasteiger partial charge in [-0.1, -0.05) is 24.4 Å². The number of amides is 2. The number of rotatable bonds is 4. The molecule has 0 aliphatic heterocycles. The molecule has 0 unspecified atom stereocenters. The van der Waals surface area contributed by atoms with Crippen LogP contribution in [-0.4, -0.2) is 29.6 Å². The molecule has 0 saturated heterocycles. The van der Waals surface area contributed by atoms with E-state index >= 15 is 0 Å². The third-order valence-electron chi connectivity index (χ3n) is 1.98. The van der Waals surface area contributed by atoms with Gasteiger partial charge < -0.3 is 16.4 Å². The van der Waals surface area contributed by atoms with Crippen LogP contribution in [0.1, 0.15) is 0 Å². The highest BCUT2D eigenvalue weighted by atomic mass is 32.2. The number of thiocarbonyl (C=S) groups is 1. The van der Waals surface area contributed by atoms with Crippen molar-refractivity contribution >= 4 is 46.5 Å². The largest absolute Gasteiger partial charge is 0.392 e. The molecule has 0 bridgehead atoms. The lowest BCUT2D eigenvalue weighted by atomic mass is 10.3. The number of carbonyl (C=O) groups is 2. The van der Waals surface area contributed by atoms with Crippen LogP contribution in [0.25, 0.3) is 0 Å². The maximum absolute atomic E-state index is 11.6. The standard InChI is InChI=1S/C11H13N3O2S2/c1-18-8-5-3-2-4-7(8)14-11(16)10(15)13-6-9(12)17/h2-5H,6H2,1H3,(H2,12,17)(H,13,15)(H,14,16). The Morgan fingerprint density at radius 3 is 2.61 bits per heavy atom. The van der Waals surface area contributed by atoms with Gasteiger partial charge in [-0.15, -0.1) is 11.8 Å². The van der Waals surface area contributed by atoms with E-state index in [0.717, 1.165) is 4.90 Å². The topological polar surface area (TPSA) is 84.2 Å². The molecule has 2 amide bonds. The smallest absolute Gasteiger partial charge is 0.313 e. The van der Waals surface area contributed by atoms with Gasteiger partial charge >= 0.3 is 11.8 Å². The van der Waals surface area contributed by atoms with E-state index in [0.29, 0.717) is 5.69 Å². The second-order valence-electron chi connectivity index (χ2n) is 3.30. The Labute approximate surface area is 115 Å². The molecule has 0 heterocycles. The molecular formula is C11H13N3O2S2. The number of hydrogen-bond donors (Lipinski definition) is 3. The molecule has 7 heteroatoms. The molecule has 18 heavy (non-hydrogen) atoms. The zero-order chi connectivity index (χ0) is 13.5. The van der Waals surface area contributed by atoms with Crippen LogP contribution in [0.5, 0.6) is 0 Å². The average Bonchev–Trinajstić information content (AvgIpc) is 2.36. The number of nitrogens with one attached hydrogen (secondary N) is 2. The average molecular weight is 283 g/mol. The first-order valence-electron chi connectivity index (χ1n) is 5.05. The van der Waals surface area contributed by atoms with Crippen LogP contribution in [-0.2, 0) is 9.59 Å². The Bertz CT molecular complexity index is 477. The van der Waals surface area contributed by atoms with E-state index in [1.54, 1.807) is 12.1 Å². The van der Waals surface area contributed by atoms with Crippen LogP contribution in [0.2, 0.25) is 0 Å². The molecule has 4 N–H and O–H groups in total. The summed E-state index contributed by atoms with van der Waals surface area (Å²) >= 11 is 6.08. The molecule has 0 fully saturated rings. The van der Waals surface area contributed by atoms with E-state index in [2.05, 4.69) is 22.9 Å². The van der Waals surface area contributed by atoms with Crippen LogP contribution in [0.4, 0.5) is 5.69 Å². The van der Waals surface area contributed by atoms with E-state index in [9.17, 15) is 9.59 Å².